The minimum absolute atomic E-state index is 0.0957. The molecule has 23 heavy (non-hydrogen) atoms. The minimum Gasteiger partial charge on any atom is -0.369 e. The lowest BCUT2D eigenvalue weighted by Gasteiger charge is -2.43. The van der Waals surface area contributed by atoms with E-state index >= 15 is 0 Å². The van der Waals surface area contributed by atoms with Gasteiger partial charge in [0.15, 0.2) is 5.92 Å². The Labute approximate surface area is 135 Å². The van der Waals surface area contributed by atoms with Crippen LogP contribution in [0.25, 0.3) is 0 Å². The number of carbonyl (C=O) groups is 2. The van der Waals surface area contributed by atoms with Gasteiger partial charge >= 0.3 is 0 Å². The maximum absolute atomic E-state index is 12.4. The van der Waals surface area contributed by atoms with E-state index in [4.69, 9.17) is 10.7 Å². The maximum Gasteiger partial charge on any atom is 0.246 e. The summed E-state index contributed by atoms with van der Waals surface area (Å²) in [7, 11) is 0. The van der Waals surface area contributed by atoms with Gasteiger partial charge in [-0.25, -0.2) is 4.99 Å². The van der Waals surface area contributed by atoms with E-state index in [0.717, 1.165) is 32.1 Å². The number of nitrogens with zero attached hydrogens (tertiary/aromatic N) is 3. The Morgan fingerprint density at radius 2 is 1.96 bits per heavy atom. The van der Waals surface area contributed by atoms with Crippen molar-refractivity contribution in [2.75, 3.05) is 13.1 Å². The number of rotatable bonds is 1. The SMILES string of the molecule is N#CC1C(=O)NC(N2CCC(C(N)=O)CC2)=NC12CCCCC2. The van der Waals surface area contributed by atoms with Crippen LogP contribution < -0.4 is 11.1 Å². The smallest absolute Gasteiger partial charge is 0.246 e. The Bertz CT molecular complexity index is 566. The van der Waals surface area contributed by atoms with Crippen LogP contribution in [0.5, 0.6) is 0 Å². The van der Waals surface area contributed by atoms with Gasteiger partial charge in [0.05, 0.1) is 11.6 Å². The van der Waals surface area contributed by atoms with Gasteiger partial charge in [-0.15, -0.1) is 0 Å². The van der Waals surface area contributed by atoms with Crippen LogP contribution in [-0.4, -0.2) is 41.3 Å². The molecule has 3 N–H and O–H groups in total. The number of primary amides is 1. The van der Waals surface area contributed by atoms with Crippen LogP contribution in [0.15, 0.2) is 4.99 Å². The van der Waals surface area contributed by atoms with Crippen molar-refractivity contribution in [2.45, 2.75) is 50.5 Å². The Morgan fingerprint density at radius 1 is 1.30 bits per heavy atom. The van der Waals surface area contributed by atoms with Crippen molar-refractivity contribution in [3.8, 4) is 6.07 Å². The molecule has 1 atom stereocenters. The summed E-state index contributed by atoms with van der Waals surface area (Å²) in [5.74, 6) is -0.716. The van der Waals surface area contributed by atoms with Crippen molar-refractivity contribution in [3.63, 3.8) is 0 Å². The van der Waals surface area contributed by atoms with Crippen molar-refractivity contribution in [3.05, 3.63) is 0 Å². The number of hydrogen-bond donors (Lipinski definition) is 2. The van der Waals surface area contributed by atoms with Crippen molar-refractivity contribution in [1.29, 1.82) is 5.26 Å². The molecule has 2 fully saturated rings. The summed E-state index contributed by atoms with van der Waals surface area (Å²) < 4.78 is 0. The molecule has 0 bridgehead atoms. The summed E-state index contributed by atoms with van der Waals surface area (Å²) in [5.41, 5.74) is 4.80. The summed E-state index contributed by atoms with van der Waals surface area (Å²) in [6.07, 6.45) is 6.09. The monoisotopic (exact) mass is 317 g/mol. The number of nitriles is 1. The van der Waals surface area contributed by atoms with Crippen LogP contribution in [0.1, 0.15) is 44.9 Å². The predicted octanol–water partition coefficient (Wildman–Crippen LogP) is 0.512. The molecule has 2 amide bonds. The first-order valence-electron chi connectivity index (χ1n) is 8.40. The third-order valence-electron chi connectivity index (χ3n) is 5.41. The van der Waals surface area contributed by atoms with Gasteiger partial charge in [0, 0.05) is 19.0 Å². The van der Waals surface area contributed by atoms with Crippen LogP contribution in [0.4, 0.5) is 0 Å². The fourth-order valence-electron chi connectivity index (χ4n) is 4.00. The Balaban J connectivity index is 1.81. The van der Waals surface area contributed by atoms with E-state index in [-0.39, 0.29) is 17.7 Å². The van der Waals surface area contributed by atoms with Gasteiger partial charge in [-0.1, -0.05) is 19.3 Å². The van der Waals surface area contributed by atoms with Gasteiger partial charge in [-0.2, -0.15) is 5.26 Å². The summed E-state index contributed by atoms with van der Waals surface area (Å²) in [6, 6.07) is 2.16. The molecule has 2 heterocycles. The lowest BCUT2D eigenvalue weighted by atomic mass is 9.72. The zero-order valence-corrected chi connectivity index (χ0v) is 13.3. The van der Waals surface area contributed by atoms with Crippen LogP contribution in [0.2, 0.25) is 0 Å². The standard InChI is InChI=1S/C16H23N5O2/c17-10-12-14(23)19-15(20-16(12)6-2-1-3-7-16)21-8-4-11(5-9-21)13(18)22/h11-12H,1-9H2,(H2,18,22)(H,19,20,23). The summed E-state index contributed by atoms with van der Waals surface area (Å²) in [6.45, 7) is 1.31. The van der Waals surface area contributed by atoms with E-state index in [1.54, 1.807) is 0 Å². The molecule has 3 aliphatic rings. The number of hydrogen-bond acceptors (Lipinski definition) is 5. The number of likely N-dealkylation sites (tertiary alicyclic amines) is 1. The van der Waals surface area contributed by atoms with E-state index in [0.29, 0.717) is 31.9 Å². The first-order chi connectivity index (χ1) is 11.1. The van der Waals surface area contributed by atoms with Gasteiger partial charge in [-0.05, 0) is 25.7 Å². The summed E-state index contributed by atoms with van der Waals surface area (Å²) >= 11 is 0. The largest absolute Gasteiger partial charge is 0.369 e. The highest BCUT2D eigenvalue weighted by Gasteiger charge is 2.48. The van der Waals surface area contributed by atoms with Crippen molar-refractivity contribution in [1.82, 2.24) is 10.2 Å². The number of piperidine rings is 1. The maximum atomic E-state index is 12.4. The molecule has 2 aliphatic heterocycles. The number of guanidine groups is 1. The average molecular weight is 317 g/mol. The zero-order valence-electron chi connectivity index (χ0n) is 13.3. The zero-order chi connectivity index (χ0) is 16.4. The van der Waals surface area contributed by atoms with E-state index in [1.165, 1.54) is 0 Å². The molecule has 1 saturated heterocycles. The van der Waals surface area contributed by atoms with Gasteiger partial charge in [0.25, 0.3) is 0 Å². The predicted molar refractivity (Wildman–Crippen MR) is 84.0 cm³/mol. The molecular weight excluding hydrogens is 294 g/mol. The number of carbonyl (C=O) groups excluding carboxylic acids is 2. The molecule has 3 rings (SSSR count). The molecule has 1 unspecified atom stereocenters. The lowest BCUT2D eigenvalue weighted by Crippen LogP contribution is -2.59. The highest BCUT2D eigenvalue weighted by molar-refractivity contribution is 6.02. The molecule has 0 aromatic rings. The van der Waals surface area contributed by atoms with E-state index in [1.807, 2.05) is 4.90 Å². The van der Waals surface area contributed by atoms with Crippen molar-refractivity contribution in [2.24, 2.45) is 22.6 Å². The van der Waals surface area contributed by atoms with E-state index in [2.05, 4.69) is 11.4 Å². The van der Waals surface area contributed by atoms with Gasteiger partial charge in [-0.3, -0.25) is 14.9 Å². The number of nitrogens with two attached hydrogens (primary N) is 1. The van der Waals surface area contributed by atoms with Crippen molar-refractivity contribution >= 4 is 17.8 Å². The molecule has 124 valence electrons. The number of amides is 2. The average Bonchev–Trinajstić information content (AvgIpc) is 2.55. The highest BCUT2D eigenvalue weighted by atomic mass is 16.2. The second-order valence-electron chi connectivity index (χ2n) is 6.81. The van der Waals surface area contributed by atoms with Crippen LogP contribution in [0.3, 0.4) is 0 Å². The van der Waals surface area contributed by atoms with Gasteiger partial charge < -0.3 is 10.6 Å². The van der Waals surface area contributed by atoms with Crippen LogP contribution >= 0.6 is 0 Å². The lowest BCUT2D eigenvalue weighted by molar-refractivity contribution is -0.125. The Kier molecular flexibility index (Phi) is 4.24. The Morgan fingerprint density at radius 3 is 2.52 bits per heavy atom. The Hall–Kier alpha value is -2.10. The third-order valence-corrected chi connectivity index (χ3v) is 5.41. The van der Waals surface area contributed by atoms with Gasteiger partial charge in [0.2, 0.25) is 17.8 Å². The molecular formula is C16H23N5O2. The number of nitrogens with one attached hydrogen (secondary N) is 1. The molecule has 0 radical (unpaired) electrons. The van der Waals surface area contributed by atoms with E-state index in [9.17, 15) is 14.9 Å². The minimum atomic E-state index is -0.699. The van der Waals surface area contributed by atoms with Gasteiger partial charge in [0.1, 0.15) is 0 Å². The fourth-order valence-corrected chi connectivity index (χ4v) is 4.00. The quantitative estimate of drug-likeness (QED) is 0.734. The molecule has 0 aromatic carbocycles. The molecule has 7 heteroatoms. The second kappa shape index (κ2) is 6.19. The molecule has 7 nitrogen and oxygen atoms in total. The van der Waals surface area contributed by atoms with E-state index < -0.39 is 11.5 Å². The fraction of sp³-hybridized carbons (Fsp3) is 0.750. The normalized spacial score (nSPS) is 28.0. The first kappa shape index (κ1) is 15.8. The molecule has 1 aliphatic carbocycles. The highest BCUT2D eigenvalue weighted by Crippen LogP contribution is 2.40. The number of aliphatic imine (C=N–C) groups is 1. The molecule has 1 spiro atoms. The van der Waals surface area contributed by atoms with Crippen molar-refractivity contribution < 1.29 is 9.59 Å². The molecule has 0 aromatic heterocycles. The third kappa shape index (κ3) is 2.90. The molecule has 1 saturated carbocycles. The topological polar surface area (TPSA) is 112 Å². The van der Waals surface area contributed by atoms with Crippen LogP contribution in [-0.2, 0) is 9.59 Å². The summed E-state index contributed by atoms with van der Waals surface area (Å²) in [4.78, 5) is 30.5. The first-order valence-corrected chi connectivity index (χ1v) is 8.40. The summed E-state index contributed by atoms with van der Waals surface area (Å²) in [5, 5.41) is 12.2. The second-order valence-corrected chi connectivity index (χ2v) is 6.81. The van der Waals surface area contributed by atoms with Crippen LogP contribution in [0, 0.1) is 23.2 Å².